The molecule has 0 fully saturated rings. The zero-order valence-electron chi connectivity index (χ0n) is 9.96. The van der Waals surface area contributed by atoms with Crippen LogP contribution in [0.2, 0.25) is 0 Å². The second kappa shape index (κ2) is 7.41. The quantitative estimate of drug-likeness (QED) is 0.557. The van der Waals surface area contributed by atoms with Crippen LogP contribution in [0.4, 0.5) is 0 Å². The lowest BCUT2D eigenvalue weighted by molar-refractivity contribution is -0.123. The van der Waals surface area contributed by atoms with Crippen LogP contribution < -0.4 is 16.8 Å². The molecule has 6 heteroatoms. The van der Waals surface area contributed by atoms with Crippen LogP contribution in [-0.4, -0.2) is 31.6 Å². The molecule has 5 N–H and O–H groups in total. The summed E-state index contributed by atoms with van der Waals surface area (Å²) in [7, 11) is 0. The number of hydrogen-bond acceptors (Lipinski definition) is 4. The van der Waals surface area contributed by atoms with Crippen molar-refractivity contribution in [1.82, 2.24) is 5.32 Å². The van der Waals surface area contributed by atoms with Gasteiger partial charge in [0.15, 0.2) is 0 Å². The van der Waals surface area contributed by atoms with Crippen molar-refractivity contribution in [2.75, 3.05) is 19.8 Å². The summed E-state index contributed by atoms with van der Waals surface area (Å²) in [4.78, 5) is 22.0. The molecule has 1 aromatic carbocycles. The van der Waals surface area contributed by atoms with Crippen molar-refractivity contribution in [2.24, 2.45) is 11.5 Å². The number of carbonyl (C=O) groups is 2. The first kappa shape index (κ1) is 14.1. The second-order valence-corrected chi connectivity index (χ2v) is 3.70. The molecule has 0 unspecified atom stereocenters. The van der Waals surface area contributed by atoms with Gasteiger partial charge in [-0.25, -0.2) is 0 Å². The van der Waals surface area contributed by atoms with Crippen LogP contribution in [0, 0.1) is 0 Å². The van der Waals surface area contributed by atoms with Gasteiger partial charge in [-0.05, 0) is 5.56 Å². The summed E-state index contributed by atoms with van der Waals surface area (Å²) in [5, 5.41) is 2.61. The standard InChI is InChI=1S/C12H17N3O3/c13-10(16)8-18-7-6-15-12(17)11(14)9-4-2-1-3-5-9/h1-5,11H,6-8,14H2,(H2,13,16)(H,15,17)/t11-/m1/s1. The maximum atomic E-state index is 11.7. The first-order valence-electron chi connectivity index (χ1n) is 5.55. The highest BCUT2D eigenvalue weighted by Gasteiger charge is 2.14. The van der Waals surface area contributed by atoms with E-state index in [9.17, 15) is 9.59 Å². The summed E-state index contributed by atoms with van der Waals surface area (Å²) in [5.41, 5.74) is 11.4. The molecule has 0 saturated heterocycles. The van der Waals surface area contributed by atoms with E-state index in [0.717, 1.165) is 5.56 Å². The number of nitrogens with one attached hydrogen (secondary N) is 1. The Bertz CT molecular complexity index is 395. The highest BCUT2D eigenvalue weighted by Crippen LogP contribution is 2.08. The maximum Gasteiger partial charge on any atom is 0.243 e. The van der Waals surface area contributed by atoms with E-state index in [0.29, 0.717) is 0 Å². The van der Waals surface area contributed by atoms with Crippen molar-refractivity contribution in [1.29, 1.82) is 0 Å². The fourth-order valence-corrected chi connectivity index (χ4v) is 1.34. The van der Waals surface area contributed by atoms with Crippen molar-refractivity contribution < 1.29 is 14.3 Å². The second-order valence-electron chi connectivity index (χ2n) is 3.70. The molecule has 0 aliphatic rings. The topological polar surface area (TPSA) is 107 Å². The average Bonchev–Trinajstić information content (AvgIpc) is 2.38. The monoisotopic (exact) mass is 251 g/mol. The van der Waals surface area contributed by atoms with Crippen LogP contribution in [0.15, 0.2) is 30.3 Å². The van der Waals surface area contributed by atoms with Gasteiger partial charge in [0.1, 0.15) is 12.6 Å². The Morgan fingerprint density at radius 2 is 1.94 bits per heavy atom. The molecule has 0 saturated carbocycles. The van der Waals surface area contributed by atoms with Gasteiger partial charge in [-0.3, -0.25) is 9.59 Å². The number of amides is 2. The number of rotatable bonds is 7. The highest BCUT2D eigenvalue weighted by molar-refractivity contribution is 5.82. The Morgan fingerprint density at radius 3 is 2.56 bits per heavy atom. The minimum Gasteiger partial charge on any atom is -0.370 e. The fraction of sp³-hybridized carbons (Fsp3) is 0.333. The molecule has 1 atom stereocenters. The smallest absolute Gasteiger partial charge is 0.243 e. The van der Waals surface area contributed by atoms with E-state index in [1.165, 1.54) is 0 Å². The molecule has 1 rings (SSSR count). The van der Waals surface area contributed by atoms with Crippen LogP contribution in [0.3, 0.4) is 0 Å². The van der Waals surface area contributed by atoms with Gasteiger partial charge in [0, 0.05) is 6.54 Å². The van der Waals surface area contributed by atoms with Gasteiger partial charge in [0.05, 0.1) is 6.61 Å². The largest absolute Gasteiger partial charge is 0.370 e. The van der Waals surface area contributed by atoms with E-state index in [-0.39, 0.29) is 25.7 Å². The third kappa shape index (κ3) is 4.94. The first-order valence-corrected chi connectivity index (χ1v) is 5.55. The minimum absolute atomic E-state index is 0.152. The SMILES string of the molecule is NC(=O)COCCNC(=O)[C@H](N)c1ccccc1. The summed E-state index contributed by atoms with van der Waals surface area (Å²) >= 11 is 0. The Morgan fingerprint density at radius 1 is 1.28 bits per heavy atom. The molecule has 1 aromatic rings. The van der Waals surface area contributed by atoms with E-state index in [2.05, 4.69) is 5.32 Å². The van der Waals surface area contributed by atoms with Crippen LogP contribution in [-0.2, 0) is 14.3 Å². The Labute approximate surface area is 105 Å². The van der Waals surface area contributed by atoms with Crippen molar-refractivity contribution in [3.05, 3.63) is 35.9 Å². The Hall–Kier alpha value is -1.92. The normalized spacial score (nSPS) is 11.8. The molecule has 0 aliphatic carbocycles. The van der Waals surface area contributed by atoms with Crippen LogP contribution in [0.5, 0.6) is 0 Å². The highest BCUT2D eigenvalue weighted by atomic mass is 16.5. The molecule has 98 valence electrons. The van der Waals surface area contributed by atoms with Crippen molar-refractivity contribution >= 4 is 11.8 Å². The maximum absolute atomic E-state index is 11.7. The van der Waals surface area contributed by atoms with Crippen LogP contribution in [0.25, 0.3) is 0 Å². The third-order valence-corrected chi connectivity index (χ3v) is 2.23. The number of primary amides is 1. The van der Waals surface area contributed by atoms with E-state index < -0.39 is 11.9 Å². The predicted molar refractivity (Wildman–Crippen MR) is 66.4 cm³/mol. The average molecular weight is 251 g/mol. The first-order chi connectivity index (χ1) is 8.61. The number of nitrogens with two attached hydrogens (primary N) is 2. The molecule has 2 amide bonds. The fourth-order valence-electron chi connectivity index (χ4n) is 1.34. The van der Waals surface area contributed by atoms with E-state index in [1.54, 1.807) is 12.1 Å². The summed E-state index contributed by atoms with van der Waals surface area (Å²) in [6, 6.07) is 8.35. The lowest BCUT2D eigenvalue weighted by Crippen LogP contribution is -2.36. The molecule has 0 radical (unpaired) electrons. The van der Waals surface area contributed by atoms with Gasteiger partial charge < -0.3 is 21.5 Å². The van der Waals surface area contributed by atoms with E-state index >= 15 is 0 Å². The van der Waals surface area contributed by atoms with Gasteiger partial charge in [0.2, 0.25) is 11.8 Å². The molecule has 0 aromatic heterocycles. The van der Waals surface area contributed by atoms with Gasteiger partial charge in [-0.15, -0.1) is 0 Å². The molecule has 0 spiro atoms. The van der Waals surface area contributed by atoms with Gasteiger partial charge in [0.25, 0.3) is 0 Å². The Kier molecular flexibility index (Phi) is 5.83. The molecule has 0 heterocycles. The molecular weight excluding hydrogens is 234 g/mol. The summed E-state index contributed by atoms with van der Waals surface area (Å²) in [6.07, 6.45) is 0. The number of carbonyl (C=O) groups excluding carboxylic acids is 2. The molecular formula is C12H17N3O3. The number of hydrogen-bond donors (Lipinski definition) is 3. The third-order valence-electron chi connectivity index (χ3n) is 2.23. The van der Waals surface area contributed by atoms with Crippen LogP contribution >= 0.6 is 0 Å². The minimum atomic E-state index is -0.706. The summed E-state index contributed by atoms with van der Waals surface area (Å²) in [6.45, 7) is 0.351. The lowest BCUT2D eigenvalue weighted by Gasteiger charge is -2.12. The zero-order valence-corrected chi connectivity index (χ0v) is 9.96. The van der Waals surface area contributed by atoms with Crippen molar-refractivity contribution in [3.63, 3.8) is 0 Å². The molecule has 0 aliphatic heterocycles. The number of ether oxygens (including phenoxy) is 1. The molecule has 18 heavy (non-hydrogen) atoms. The van der Waals surface area contributed by atoms with Gasteiger partial charge >= 0.3 is 0 Å². The molecule has 6 nitrogen and oxygen atoms in total. The summed E-state index contributed by atoms with van der Waals surface area (Å²) in [5.74, 6) is -0.828. The van der Waals surface area contributed by atoms with E-state index in [4.69, 9.17) is 16.2 Å². The van der Waals surface area contributed by atoms with E-state index in [1.807, 2.05) is 18.2 Å². The molecule has 0 bridgehead atoms. The van der Waals surface area contributed by atoms with Crippen LogP contribution in [0.1, 0.15) is 11.6 Å². The van der Waals surface area contributed by atoms with Crippen molar-refractivity contribution in [2.45, 2.75) is 6.04 Å². The summed E-state index contributed by atoms with van der Waals surface area (Å²) < 4.78 is 4.90. The Balaban J connectivity index is 2.26. The predicted octanol–water partition coefficient (Wildman–Crippen LogP) is -0.695. The lowest BCUT2D eigenvalue weighted by atomic mass is 10.1. The number of benzene rings is 1. The zero-order chi connectivity index (χ0) is 13.4. The van der Waals surface area contributed by atoms with Gasteiger partial charge in [-0.1, -0.05) is 30.3 Å². The van der Waals surface area contributed by atoms with Gasteiger partial charge in [-0.2, -0.15) is 0 Å². The van der Waals surface area contributed by atoms with Crippen molar-refractivity contribution in [3.8, 4) is 0 Å².